The highest BCUT2D eigenvalue weighted by atomic mass is 19.1. The van der Waals surface area contributed by atoms with E-state index in [-0.39, 0.29) is 24.7 Å². The molecule has 5 nitrogen and oxygen atoms in total. The molecule has 0 N–H and O–H groups in total. The predicted octanol–water partition coefficient (Wildman–Crippen LogP) is 3.46. The normalized spacial score (nSPS) is 11.5. The maximum absolute atomic E-state index is 13.2. The number of hydrogen-bond acceptors (Lipinski definition) is 4. The lowest BCUT2D eigenvalue weighted by molar-refractivity contribution is -0.123. The number of benzene rings is 2. The molecule has 1 atom stereocenters. The molecule has 1 amide bonds. The van der Waals surface area contributed by atoms with Gasteiger partial charge in [0.25, 0.3) is 0 Å². The first-order chi connectivity index (χ1) is 13.0. The van der Waals surface area contributed by atoms with Gasteiger partial charge in [-0.15, -0.1) is 0 Å². The molecule has 0 aliphatic carbocycles. The number of carbonyl (C=O) groups is 1. The van der Waals surface area contributed by atoms with E-state index in [1.807, 2.05) is 30.1 Å². The van der Waals surface area contributed by atoms with Gasteiger partial charge in [-0.25, -0.2) is 4.39 Å². The third kappa shape index (κ3) is 5.37. The van der Waals surface area contributed by atoms with Crippen molar-refractivity contribution in [1.29, 1.82) is 10.5 Å². The molecule has 0 radical (unpaired) electrons. The lowest BCUT2D eigenvalue weighted by atomic mass is 10.1. The van der Waals surface area contributed by atoms with Crippen LogP contribution in [0.4, 0.5) is 10.1 Å². The number of carbonyl (C=O) groups excluding carboxylic acids is 1. The summed E-state index contributed by atoms with van der Waals surface area (Å²) in [6.07, 6.45) is 0.184. The molecule has 0 aromatic heterocycles. The molecule has 0 fully saturated rings. The molecule has 0 heterocycles. The number of nitrogens with zero attached hydrogens (tertiary/aromatic N) is 4. The minimum atomic E-state index is -0.459. The Morgan fingerprint density at radius 3 is 2.52 bits per heavy atom. The average Bonchev–Trinajstić information content (AvgIpc) is 2.68. The highest BCUT2D eigenvalue weighted by molar-refractivity contribution is 5.96. The quantitative estimate of drug-likeness (QED) is 0.754. The lowest BCUT2D eigenvalue weighted by Gasteiger charge is -2.30. The first-order valence-electron chi connectivity index (χ1n) is 8.59. The van der Waals surface area contributed by atoms with E-state index in [0.29, 0.717) is 17.8 Å². The Kier molecular flexibility index (Phi) is 7.05. The number of nitriles is 2. The number of likely N-dealkylation sites (N-methyl/N-ethyl adjacent to an activating group) is 1. The molecule has 138 valence electrons. The zero-order valence-electron chi connectivity index (χ0n) is 15.4. The van der Waals surface area contributed by atoms with Crippen molar-refractivity contribution in [2.24, 2.45) is 0 Å². The molecule has 1 unspecified atom stereocenters. The number of amides is 1. The molecule has 0 aliphatic rings. The van der Waals surface area contributed by atoms with Gasteiger partial charge >= 0.3 is 0 Å². The molecule has 2 aromatic carbocycles. The monoisotopic (exact) mass is 364 g/mol. The Labute approximate surface area is 158 Å². The van der Waals surface area contributed by atoms with E-state index < -0.39 is 6.04 Å². The van der Waals surface area contributed by atoms with Crippen LogP contribution in [0.3, 0.4) is 0 Å². The van der Waals surface area contributed by atoms with Crippen molar-refractivity contribution in [2.45, 2.75) is 25.9 Å². The molecule has 2 aromatic rings. The van der Waals surface area contributed by atoms with Crippen LogP contribution in [0, 0.1) is 28.5 Å². The summed E-state index contributed by atoms with van der Waals surface area (Å²) >= 11 is 0. The molecule has 6 heteroatoms. The summed E-state index contributed by atoms with van der Waals surface area (Å²) in [6, 6.07) is 16.6. The minimum Gasteiger partial charge on any atom is -0.310 e. The van der Waals surface area contributed by atoms with Gasteiger partial charge < -0.3 is 4.90 Å². The van der Waals surface area contributed by atoms with Crippen LogP contribution in [0.25, 0.3) is 0 Å². The van der Waals surface area contributed by atoms with Crippen molar-refractivity contribution in [3.8, 4) is 12.1 Å². The summed E-state index contributed by atoms with van der Waals surface area (Å²) in [4.78, 5) is 16.4. The molecular formula is C21H21FN4O. The van der Waals surface area contributed by atoms with Crippen LogP contribution in [0.2, 0.25) is 0 Å². The van der Waals surface area contributed by atoms with Gasteiger partial charge in [-0.2, -0.15) is 10.5 Å². The SMILES string of the molecule is CC(C(=O)N(CCC#N)c1ccc(F)cc1)N(C)Cc1cccc(C#N)c1. The summed E-state index contributed by atoms with van der Waals surface area (Å²) < 4.78 is 13.2. The fourth-order valence-electron chi connectivity index (χ4n) is 2.73. The molecule has 0 saturated heterocycles. The number of rotatable bonds is 7. The Morgan fingerprint density at radius 1 is 1.19 bits per heavy atom. The van der Waals surface area contributed by atoms with Crippen molar-refractivity contribution < 1.29 is 9.18 Å². The molecule has 0 spiro atoms. The first kappa shape index (κ1) is 20.1. The van der Waals surface area contributed by atoms with Crippen molar-refractivity contribution in [2.75, 3.05) is 18.5 Å². The third-order valence-electron chi connectivity index (χ3n) is 4.36. The topological polar surface area (TPSA) is 71.1 Å². The average molecular weight is 364 g/mol. The number of anilines is 1. The fourth-order valence-corrected chi connectivity index (χ4v) is 2.73. The van der Waals surface area contributed by atoms with E-state index in [0.717, 1.165) is 5.56 Å². The summed E-state index contributed by atoms with van der Waals surface area (Å²) in [6.45, 7) is 2.53. The van der Waals surface area contributed by atoms with E-state index in [2.05, 4.69) is 6.07 Å². The maximum Gasteiger partial charge on any atom is 0.244 e. The smallest absolute Gasteiger partial charge is 0.244 e. The Balaban J connectivity index is 2.16. The van der Waals surface area contributed by atoms with Crippen molar-refractivity contribution in [1.82, 2.24) is 4.90 Å². The first-order valence-corrected chi connectivity index (χ1v) is 8.59. The zero-order valence-corrected chi connectivity index (χ0v) is 15.4. The summed E-state index contributed by atoms with van der Waals surface area (Å²) in [7, 11) is 1.83. The van der Waals surface area contributed by atoms with Crippen LogP contribution in [-0.2, 0) is 11.3 Å². The summed E-state index contributed by atoms with van der Waals surface area (Å²) in [5.41, 5.74) is 2.06. The van der Waals surface area contributed by atoms with Crippen LogP contribution in [0.1, 0.15) is 24.5 Å². The van der Waals surface area contributed by atoms with Gasteiger partial charge in [-0.1, -0.05) is 12.1 Å². The van der Waals surface area contributed by atoms with Gasteiger partial charge in [0.15, 0.2) is 0 Å². The molecule has 0 saturated carbocycles. The lowest BCUT2D eigenvalue weighted by Crippen LogP contribution is -2.46. The van der Waals surface area contributed by atoms with Crippen LogP contribution >= 0.6 is 0 Å². The Morgan fingerprint density at radius 2 is 1.89 bits per heavy atom. The van der Waals surface area contributed by atoms with Gasteiger partial charge in [-0.05, 0) is 55.9 Å². The Bertz CT molecular complexity index is 867. The number of halogens is 1. The second-order valence-electron chi connectivity index (χ2n) is 6.28. The van der Waals surface area contributed by atoms with E-state index in [1.165, 1.54) is 29.2 Å². The van der Waals surface area contributed by atoms with Gasteiger partial charge in [0, 0.05) is 18.8 Å². The molecule has 27 heavy (non-hydrogen) atoms. The summed E-state index contributed by atoms with van der Waals surface area (Å²) in [5.74, 6) is -0.551. The second kappa shape index (κ2) is 9.47. The van der Waals surface area contributed by atoms with Crippen molar-refractivity contribution in [3.63, 3.8) is 0 Å². The van der Waals surface area contributed by atoms with E-state index in [4.69, 9.17) is 10.5 Å². The molecule has 2 rings (SSSR count). The van der Waals surface area contributed by atoms with E-state index in [9.17, 15) is 9.18 Å². The molecule has 0 aliphatic heterocycles. The van der Waals surface area contributed by atoms with Crippen molar-refractivity contribution >= 4 is 11.6 Å². The largest absolute Gasteiger partial charge is 0.310 e. The third-order valence-corrected chi connectivity index (χ3v) is 4.36. The van der Waals surface area contributed by atoms with Crippen LogP contribution in [-0.4, -0.2) is 30.4 Å². The summed E-state index contributed by atoms with van der Waals surface area (Å²) in [5, 5.41) is 17.9. The van der Waals surface area contributed by atoms with Gasteiger partial charge in [0.1, 0.15) is 5.82 Å². The number of hydrogen-bond donors (Lipinski definition) is 0. The zero-order chi connectivity index (χ0) is 19.8. The van der Waals surface area contributed by atoms with Gasteiger partial charge in [0.05, 0.1) is 30.2 Å². The van der Waals surface area contributed by atoms with E-state index in [1.54, 1.807) is 19.1 Å². The fraction of sp³-hybridized carbons (Fsp3) is 0.286. The van der Waals surface area contributed by atoms with Crippen molar-refractivity contribution in [3.05, 3.63) is 65.5 Å². The minimum absolute atomic E-state index is 0.171. The second-order valence-corrected chi connectivity index (χ2v) is 6.28. The van der Waals surface area contributed by atoms with Gasteiger partial charge in [0.2, 0.25) is 5.91 Å². The van der Waals surface area contributed by atoms with Gasteiger partial charge in [-0.3, -0.25) is 9.69 Å². The maximum atomic E-state index is 13.2. The standard InChI is InChI=1S/C21H21FN4O/c1-16(25(2)15-18-6-3-5-17(13-18)14-24)21(27)26(12-4-11-23)20-9-7-19(22)8-10-20/h3,5-10,13,16H,4,12,15H2,1-2H3. The van der Waals surface area contributed by atoms with Crippen LogP contribution in [0.5, 0.6) is 0 Å². The predicted molar refractivity (Wildman–Crippen MR) is 101 cm³/mol. The molecular weight excluding hydrogens is 343 g/mol. The highest BCUT2D eigenvalue weighted by Crippen LogP contribution is 2.18. The Hall–Kier alpha value is -3.22. The van der Waals surface area contributed by atoms with Crippen LogP contribution < -0.4 is 4.90 Å². The molecule has 0 bridgehead atoms. The van der Waals surface area contributed by atoms with E-state index >= 15 is 0 Å². The highest BCUT2D eigenvalue weighted by Gasteiger charge is 2.25. The van der Waals surface area contributed by atoms with Crippen LogP contribution in [0.15, 0.2) is 48.5 Å².